The predicted octanol–water partition coefficient (Wildman–Crippen LogP) is 1.80. The zero-order valence-corrected chi connectivity index (χ0v) is 13.7. The molecule has 1 fully saturated rings. The molecule has 0 atom stereocenters. The van der Waals surface area contributed by atoms with Crippen LogP contribution in [0.5, 0.6) is 0 Å². The minimum absolute atomic E-state index is 0.0442. The fourth-order valence-corrected chi connectivity index (χ4v) is 2.65. The third-order valence-corrected chi connectivity index (χ3v) is 4.35. The van der Waals surface area contributed by atoms with E-state index < -0.39 is 0 Å². The molecule has 0 saturated carbocycles. The second-order valence-electron chi connectivity index (χ2n) is 5.89. The van der Waals surface area contributed by atoms with Gasteiger partial charge in [-0.15, -0.1) is 0 Å². The van der Waals surface area contributed by atoms with E-state index >= 15 is 0 Å². The molecule has 1 N–H and O–H groups in total. The first-order valence-electron chi connectivity index (χ1n) is 7.81. The molecule has 0 aromatic heterocycles. The monoisotopic (exact) mass is 303 g/mol. The standard InChI is InChI=1S/C17H25N3O2/c1-13-5-4-6-16(14(13)2)18-17(22)7-8-19-9-11-20(12-10-19)15(3)21/h4-6H,7-12H2,1-3H3,(H,18,22). The summed E-state index contributed by atoms with van der Waals surface area (Å²) < 4.78 is 0. The van der Waals surface area contributed by atoms with Crippen molar-refractivity contribution in [3.63, 3.8) is 0 Å². The number of nitrogens with zero attached hydrogens (tertiary/aromatic N) is 2. The third kappa shape index (κ3) is 4.31. The smallest absolute Gasteiger partial charge is 0.225 e. The molecule has 1 aromatic rings. The summed E-state index contributed by atoms with van der Waals surface area (Å²) >= 11 is 0. The van der Waals surface area contributed by atoms with Crippen molar-refractivity contribution in [2.45, 2.75) is 27.2 Å². The number of carbonyl (C=O) groups excluding carboxylic acids is 2. The Labute approximate surface area is 132 Å². The van der Waals surface area contributed by atoms with Gasteiger partial charge in [-0.1, -0.05) is 12.1 Å². The van der Waals surface area contributed by atoms with E-state index in [1.54, 1.807) is 6.92 Å². The first-order chi connectivity index (χ1) is 10.5. The van der Waals surface area contributed by atoms with Crippen molar-refractivity contribution in [3.05, 3.63) is 29.3 Å². The van der Waals surface area contributed by atoms with E-state index in [2.05, 4.69) is 10.2 Å². The van der Waals surface area contributed by atoms with Gasteiger partial charge in [0.05, 0.1) is 0 Å². The van der Waals surface area contributed by atoms with Crippen molar-refractivity contribution in [1.82, 2.24) is 9.80 Å². The molecule has 1 heterocycles. The highest BCUT2D eigenvalue weighted by molar-refractivity contribution is 5.91. The Hall–Kier alpha value is -1.88. The highest BCUT2D eigenvalue weighted by atomic mass is 16.2. The molecule has 0 radical (unpaired) electrons. The molecule has 1 aliphatic heterocycles. The molecule has 1 aliphatic rings. The second-order valence-corrected chi connectivity index (χ2v) is 5.89. The largest absolute Gasteiger partial charge is 0.340 e. The molecule has 0 aliphatic carbocycles. The van der Waals surface area contributed by atoms with Gasteiger partial charge < -0.3 is 10.2 Å². The van der Waals surface area contributed by atoms with E-state index in [4.69, 9.17) is 0 Å². The molecule has 2 amide bonds. The summed E-state index contributed by atoms with van der Waals surface area (Å²) in [7, 11) is 0. The molecule has 120 valence electrons. The Bertz CT molecular complexity index is 549. The van der Waals surface area contributed by atoms with Crippen molar-refractivity contribution < 1.29 is 9.59 Å². The Morgan fingerprint density at radius 3 is 2.45 bits per heavy atom. The Morgan fingerprint density at radius 2 is 1.82 bits per heavy atom. The van der Waals surface area contributed by atoms with Crippen LogP contribution in [0.4, 0.5) is 5.69 Å². The van der Waals surface area contributed by atoms with E-state index in [1.807, 2.05) is 36.9 Å². The molecule has 5 nitrogen and oxygen atoms in total. The lowest BCUT2D eigenvalue weighted by Gasteiger charge is -2.34. The van der Waals surface area contributed by atoms with Crippen molar-refractivity contribution >= 4 is 17.5 Å². The van der Waals surface area contributed by atoms with E-state index in [0.717, 1.165) is 44.0 Å². The lowest BCUT2D eigenvalue weighted by Crippen LogP contribution is -2.48. The minimum atomic E-state index is 0.0442. The summed E-state index contributed by atoms with van der Waals surface area (Å²) in [4.78, 5) is 27.5. The first kappa shape index (κ1) is 16.5. The molecule has 5 heteroatoms. The fraction of sp³-hybridized carbons (Fsp3) is 0.529. The molecule has 0 bridgehead atoms. The molecule has 0 spiro atoms. The SMILES string of the molecule is CC(=O)N1CCN(CCC(=O)Nc2cccc(C)c2C)CC1. The summed E-state index contributed by atoms with van der Waals surface area (Å²) in [6.07, 6.45) is 0.480. The average molecular weight is 303 g/mol. The number of carbonyl (C=O) groups is 2. The van der Waals surface area contributed by atoms with Crippen molar-refractivity contribution in [2.24, 2.45) is 0 Å². The maximum atomic E-state index is 12.1. The van der Waals surface area contributed by atoms with E-state index in [9.17, 15) is 9.59 Å². The van der Waals surface area contributed by atoms with Crippen LogP contribution in [0.25, 0.3) is 0 Å². The number of rotatable bonds is 4. The minimum Gasteiger partial charge on any atom is -0.340 e. The van der Waals surface area contributed by atoms with Crippen LogP contribution in [-0.4, -0.2) is 54.3 Å². The van der Waals surface area contributed by atoms with Crippen molar-refractivity contribution in [1.29, 1.82) is 0 Å². The summed E-state index contributed by atoms with van der Waals surface area (Å²) in [5.41, 5.74) is 3.19. The van der Waals surface area contributed by atoms with Crippen LogP contribution in [0.3, 0.4) is 0 Å². The van der Waals surface area contributed by atoms with Gasteiger partial charge in [-0.25, -0.2) is 0 Å². The van der Waals surface area contributed by atoms with Crippen molar-refractivity contribution in [3.8, 4) is 0 Å². The molecule has 1 aromatic carbocycles. The van der Waals surface area contributed by atoms with Crippen LogP contribution in [0.1, 0.15) is 24.5 Å². The van der Waals surface area contributed by atoms with Gasteiger partial charge in [0.2, 0.25) is 11.8 Å². The van der Waals surface area contributed by atoms with Crippen LogP contribution < -0.4 is 5.32 Å². The van der Waals surface area contributed by atoms with Crippen LogP contribution in [-0.2, 0) is 9.59 Å². The summed E-state index contributed by atoms with van der Waals surface area (Å²) in [6.45, 7) is 9.61. The number of amides is 2. The highest BCUT2D eigenvalue weighted by Gasteiger charge is 2.18. The number of piperazine rings is 1. The molecule has 2 rings (SSSR count). The second kappa shape index (κ2) is 7.40. The Kier molecular flexibility index (Phi) is 5.55. The third-order valence-electron chi connectivity index (χ3n) is 4.35. The lowest BCUT2D eigenvalue weighted by molar-refractivity contribution is -0.130. The Morgan fingerprint density at radius 1 is 1.14 bits per heavy atom. The zero-order valence-electron chi connectivity index (χ0n) is 13.7. The molecular weight excluding hydrogens is 278 g/mol. The number of benzene rings is 1. The topological polar surface area (TPSA) is 52.7 Å². The van der Waals surface area contributed by atoms with Gasteiger partial charge in [0.25, 0.3) is 0 Å². The van der Waals surface area contributed by atoms with Crippen LogP contribution >= 0.6 is 0 Å². The van der Waals surface area contributed by atoms with Crippen LogP contribution in [0.15, 0.2) is 18.2 Å². The van der Waals surface area contributed by atoms with E-state index in [-0.39, 0.29) is 11.8 Å². The zero-order chi connectivity index (χ0) is 16.1. The van der Waals surface area contributed by atoms with Gasteiger partial charge in [0.1, 0.15) is 0 Å². The molecule has 0 unspecified atom stereocenters. The number of anilines is 1. The highest BCUT2D eigenvalue weighted by Crippen LogP contribution is 2.18. The maximum absolute atomic E-state index is 12.1. The van der Waals surface area contributed by atoms with Gasteiger partial charge in [-0.3, -0.25) is 14.5 Å². The fourth-order valence-electron chi connectivity index (χ4n) is 2.65. The molecule has 1 saturated heterocycles. The normalized spacial score (nSPS) is 15.7. The van der Waals surface area contributed by atoms with Gasteiger partial charge in [0.15, 0.2) is 0 Å². The summed E-state index contributed by atoms with van der Waals surface area (Å²) in [6, 6.07) is 5.93. The number of hydrogen-bond donors (Lipinski definition) is 1. The average Bonchev–Trinajstić information content (AvgIpc) is 2.50. The van der Waals surface area contributed by atoms with Gasteiger partial charge in [-0.05, 0) is 31.0 Å². The van der Waals surface area contributed by atoms with E-state index in [1.165, 1.54) is 5.56 Å². The van der Waals surface area contributed by atoms with Crippen LogP contribution in [0, 0.1) is 13.8 Å². The number of nitrogens with one attached hydrogen (secondary N) is 1. The van der Waals surface area contributed by atoms with Crippen molar-refractivity contribution in [2.75, 3.05) is 38.0 Å². The summed E-state index contributed by atoms with van der Waals surface area (Å²) in [5, 5.41) is 2.99. The Balaban J connectivity index is 1.77. The summed E-state index contributed by atoms with van der Waals surface area (Å²) in [5.74, 6) is 0.176. The van der Waals surface area contributed by atoms with Gasteiger partial charge in [-0.2, -0.15) is 0 Å². The molecular formula is C17H25N3O2. The maximum Gasteiger partial charge on any atom is 0.225 e. The number of hydrogen-bond acceptors (Lipinski definition) is 3. The molecule has 22 heavy (non-hydrogen) atoms. The van der Waals surface area contributed by atoms with Gasteiger partial charge in [0, 0.05) is 51.8 Å². The quantitative estimate of drug-likeness (QED) is 0.923. The van der Waals surface area contributed by atoms with Crippen LogP contribution in [0.2, 0.25) is 0 Å². The number of aryl methyl sites for hydroxylation is 1. The lowest BCUT2D eigenvalue weighted by atomic mass is 10.1. The first-order valence-corrected chi connectivity index (χ1v) is 7.81. The predicted molar refractivity (Wildman–Crippen MR) is 87.9 cm³/mol. The van der Waals surface area contributed by atoms with E-state index in [0.29, 0.717) is 6.42 Å². The van der Waals surface area contributed by atoms with Gasteiger partial charge >= 0.3 is 0 Å².